The Kier molecular flexibility index (Phi) is 5.91. The third kappa shape index (κ3) is 4.95. The number of aromatic nitrogens is 3. The van der Waals surface area contributed by atoms with Crippen molar-refractivity contribution in [2.75, 3.05) is 31.5 Å². The van der Waals surface area contributed by atoms with Crippen molar-refractivity contribution in [3.05, 3.63) is 78.1 Å². The molecule has 2 aromatic heterocycles. The van der Waals surface area contributed by atoms with Crippen LogP contribution in [0, 0.1) is 0 Å². The molecule has 2 fully saturated rings. The van der Waals surface area contributed by atoms with E-state index in [0.717, 1.165) is 23.7 Å². The zero-order chi connectivity index (χ0) is 25.4. The molecule has 4 aromatic rings. The number of fused-ring (bicyclic) bond motifs is 1. The monoisotopic (exact) mass is 498 g/mol. The average molecular weight is 499 g/mol. The summed E-state index contributed by atoms with van der Waals surface area (Å²) in [6.07, 6.45) is 5.28. The summed E-state index contributed by atoms with van der Waals surface area (Å²) in [5, 5.41) is 8.16. The molecule has 3 amide bonds. The summed E-state index contributed by atoms with van der Waals surface area (Å²) in [6.45, 7) is 2.07. The Morgan fingerprint density at radius 2 is 1.73 bits per heavy atom. The number of benzene rings is 2. The number of carbonyl (C=O) groups is 3. The van der Waals surface area contributed by atoms with E-state index < -0.39 is 0 Å². The first-order chi connectivity index (χ1) is 18.0. The van der Waals surface area contributed by atoms with Crippen molar-refractivity contribution in [2.45, 2.75) is 25.3 Å². The molecule has 1 saturated carbocycles. The Morgan fingerprint density at radius 1 is 0.973 bits per heavy atom. The third-order valence-corrected chi connectivity index (χ3v) is 6.73. The number of carbonyl (C=O) groups excluding carboxylic acids is 3. The molecule has 10 nitrogen and oxygen atoms in total. The van der Waals surface area contributed by atoms with Gasteiger partial charge in [0.2, 0.25) is 5.91 Å². The normalized spacial score (nSPS) is 15.7. The Hall–Kier alpha value is -4.47. The van der Waals surface area contributed by atoms with Gasteiger partial charge in [-0.2, -0.15) is 5.10 Å². The highest BCUT2D eigenvalue weighted by Gasteiger charge is 2.29. The molecule has 1 N–H and O–H groups in total. The molecule has 0 unspecified atom stereocenters. The van der Waals surface area contributed by atoms with Gasteiger partial charge in [0.1, 0.15) is 12.8 Å². The lowest BCUT2D eigenvalue weighted by molar-refractivity contribution is -0.133. The Balaban J connectivity index is 1.05. The first-order valence-electron chi connectivity index (χ1n) is 12.4. The summed E-state index contributed by atoms with van der Waals surface area (Å²) in [5.74, 6) is 0.566. The van der Waals surface area contributed by atoms with Crippen LogP contribution in [0.15, 0.2) is 65.4 Å². The Morgan fingerprint density at radius 3 is 2.49 bits per heavy atom. The first-order valence-corrected chi connectivity index (χ1v) is 12.4. The van der Waals surface area contributed by atoms with E-state index >= 15 is 0 Å². The van der Waals surface area contributed by atoms with Gasteiger partial charge in [-0.15, -0.1) is 0 Å². The molecule has 3 heterocycles. The zero-order valence-electron chi connectivity index (χ0n) is 20.2. The van der Waals surface area contributed by atoms with Gasteiger partial charge in [0.15, 0.2) is 11.6 Å². The topological polar surface area (TPSA) is 114 Å². The smallest absolute Gasteiger partial charge is 0.277 e. The quantitative estimate of drug-likeness (QED) is 0.437. The number of hydrogen-bond donors (Lipinski definition) is 1. The molecule has 10 heteroatoms. The molecule has 0 bridgehead atoms. The van der Waals surface area contributed by atoms with Crippen LogP contribution in [0.25, 0.3) is 10.9 Å². The highest BCUT2D eigenvalue weighted by Crippen LogP contribution is 2.39. The van der Waals surface area contributed by atoms with Crippen LogP contribution in [-0.2, 0) is 11.3 Å². The number of hydrogen-bond acceptors (Lipinski definition) is 6. The molecule has 0 radical (unpaired) electrons. The zero-order valence-corrected chi connectivity index (χ0v) is 20.2. The van der Waals surface area contributed by atoms with Crippen LogP contribution in [0.4, 0.5) is 5.69 Å². The number of piperazine rings is 1. The number of nitrogens with one attached hydrogen (secondary N) is 1. The second kappa shape index (κ2) is 9.53. The van der Waals surface area contributed by atoms with E-state index in [2.05, 4.69) is 15.4 Å². The van der Waals surface area contributed by atoms with E-state index in [9.17, 15) is 14.4 Å². The molecule has 1 aliphatic heterocycles. The van der Waals surface area contributed by atoms with Gasteiger partial charge in [0, 0.05) is 54.9 Å². The maximum atomic E-state index is 12.9. The lowest BCUT2D eigenvalue weighted by Crippen LogP contribution is -2.51. The lowest BCUT2D eigenvalue weighted by atomic mass is 10.2. The van der Waals surface area contributed by atoms with Gasteiger partial charge in [-0.3, -0.25) is 19.1 Å². The second-order valence-electron chi connectivity index (χ2n) is 9.44. The standard InChI is InChI=1S/C27H26N6O4/c34-24(31-10-12-32(13-11-31)27(36)19-4-2-1-3-5-19)16-33-15-20-14-21(8-9-22(20)30-33)28-25(35)23-17-37-26(29-23)18-6-7-18/h1-5,8-9,14-15,17-18H,6-7,10-13,16H2,(H,28,35). The van der Waals surface area contributed by atoms with Gasteiger partial charge in [-0.05, 0) is 43.2 Å². The summed E-state index contributed by atoms with van der Waals surface area (Å²) in [4.78, 5) is 45.9. The molecule has 188 valence electrons. The first kappa shape index (κ1) is 23.0. The van der Waals surface area contributed by atoms with Gasteiger partial charge < -0.3 is 19.5 Å². The molecule has 0 spiro atoms. The molecule has 2 aliphatic rings. The predicted molar refractivity (Wildman–Crippen MR) is 135 cm³/mol. The van der Waals surface area contributed by atoms with Gasteiger partial charge in [-0.1, -0.05) is 18.2 Å². The van der Waals surface area contributed by atoms with E-state index in [1.165, 1.54) is 6.26 Å². The molecule has 1 saturated heterocycles. The summed E-state index contributed by atoms with van der Waals surface area (Å²) in [6, 6.07) is 14.6. The van der Waals surface area contributed by atoms with Crippen LogP contribution in [0.2, 0.25) is 0 Å². The van der Waals surface area contributed by atoms with Crippen LogP contribution >= 0.6 is 0 Å². The summed E-state index contributed by atoms with van der Waals surface area (Å²) < 4.78 is 7.02. The molecule has 6 rings (SSSR count). The van der Waals surface area contributed by atoms with Crippen molar-refractivity contribution in [1.82, 2.24) is 24.6 Å². The Bertz CT molecular complexity index is 1460. The van der Waals surface area contributed by atoms with Crippen LogP contribution < -0.4 is 5.32 Å². The summed E-state index contributed by atoms with van der Waals surface area (Å²) in [7, 11) is 0. The number of amides is 3. The highest BCUT2D eigenvalue weighted by molar-refractivity contribution is 6.03. The molecular formula is C27H26N6O4. The fraction of sp³-hybridized carbons (Fsp3) is 0.296. The third-order valence-electron chi connectivity index (χ3n) is 6.73. The molecule has 0 atom stereocenters. The van der Waals surface area contributed by atoms with Crippen molar-refractivity contribution in [3.63, 3.8) is 0 Å². The lowest BCUT2D eigenvalue weighted by Gasteiger charge is -2.34. The van der Waals surface area contributed by atoms with E-state index in [1.54, 1.807) is 44.9 Å². The molecule has 1 aliphatic carbocycles. The second-order valence-corrected chi connectivity index (χ2v) is 9.44. The van der Waals surface area contributed by atoms with Crippen molar-refractivity contribution in [2.24, 2.45) is 0 Å². The van der Waals surface area contributed by atoms with Gasteiger partial charge >= 0.3 is 0 Å². The molecule has 2 aromatic carbocycles. The van der Waals surface area contributed by atoms with Crippen LogP contribution in [0.5, 0.6) is 0 Å². The van der Waals surface area contributed by atoms with Crippen LogP contribution in [-0.4, -0.2) is 68.5 Å². The van der Waals surface area contributed by atoms with E-state index in [1.807, 2.05) is 24.3 Å². The fourth-order valence-electron chi connectivity index (χ4n) is 4.50. The average Bonchev–Trinajstić information content (AvgIpc) is 3.51. The number of oxazole rings is 1. The maximum Gasteiger partial charge on any atom is 0.277 e. The number of rotatable bonds is 6. The highest BCUT2D eigenvalue weighted by atomic mass is 16.3. The number of anilines is 1. The minimum Gasteiger partial charge on any atom is -0.448 e. The van der Waals surface area contributed by atoms with Crippen molar-refractivity contribution in [1.29, 1.82) is 0 Å². The van der Waals surface area contributed by atoms with Crippen molar-refractivity contribution >= 4 is 34.3 Å². The minimum absolute atomic E-state index is 0.0131. The SMILES string of the molecule is O=C(Nc1ccc2nn(CC(=O)N3CCN(C(=O)c4ccccc4)CC3)cc2c1)c1coc(C2CC2)n1. The van der Waals surface area contributed by atoms with Crippen LogP contribution in [0.3, 0.4) is 0 Å². The van der Waals surface area contributed by atoms with Crippen LogP contribution in [0.1, 0.15) is 45.5 Å². The van der Waals surface area contributed by atoms with Gasteiger partial charge in [0.05, 0.1) is 5.52 Å². The number of nitrogens with zero attached hydrogens (tertiary/aromatic N) is 5. The predicted octanol–water partition coefficient (Wildman–Crippen LogP) is 3.14. The van der Waals surface area contributed by atoms with Gasteiger partial charge in [-0.25, -0.2) is 4.98 Å². The van der Waals surface area contributed by atoms with E-state index in [-0.39, 0.29) is 30.0 Å². The van der Waals surface area contributed by atoms with Crippen molar-refractivity contribution in [3.8, 4) is 0 Å². The van der Waals surface area contributed by atoms with Crippen molar-refractivity contribution < 1.29 is 18.8 Å². The minimum atomic E-state index is -0.331. The molecular weight excluding hydrogens is 472 g/mol. The summed E-state index contributed by atoms with van der Waals surface area (Å²) in [5.41, 5.74) is 2.25. The van der Waals surface area contributed by atoms with E-state index in [4.69, 9.17) is 4.42 Å². The maximum absolute atomic E-state index is 12.9. The molecule has 37 heavy (non-hydrogen) atoms. The largest absolute Gasteiger partial charge is 0.448 e. The fourth-order valence-corrected chi connectivity index (χ4v) is 4.50. The van der Waals surface area contributed by atoms with Gasteiger partial charge in [0.25, 0.3) is 11.8 Å². The Labute approximate surface area is 212 Å². The van der Waals surface area contributed by atoms with E-state index in [0.29, 0.717) is 49.2 Å². The summed E-state index contributed by atoms with van der Waals surface area (Å²) >= 11 is 0.